The van der Waals surface area contributed by atoms with Crippen molar-refractivity contribution in [1.82, 2.24) is 10.6 Å². The van der Waals surface area contributed by atoms with Gasteiger partial charge in [0.25, 0.3) is 0 Å². The largest absolute Gasteiger partial charge is 0.496 e. The topological polar surface area (TPSA) is 50.4 Å². The number of methoxy groups -OCH3 is 1. The zero-order valence-electron chi connectivity index (χ0n) is 14.5. The average Bonchev–Trinajstić information content (AvgIpc) is 3.44. The van der Waals surface area contributed by atoms with Crippen molar-refractivity contribution in [3.05, 3.63) is 64.1 Å². The molecule has 0 spiro atoms. The standard InChI is InChI=1S/C20H23BrN2O2/c1-13(15-8-11-18(25-2)17(21)12-15)22-19(14-6-4-3-5-7-14)20(24)23-16-9-10-16/h3-8,11-13,16,19,22H,9-10H2,1-2H3,(H,23,24)/t13-,19-/m1/s1. The lowest BCUT2D eigenvalue weighted by Gasteiger charge is -2.24. The van der Waals surface area contributed by atoms with Crippen LogP contribution in [0.4, 0.5) is 0 Å². The highest BCUT2D eigenvalue weighted by Gasteiger charge is 2.29. The molecule has 1 amide bonds. The Balaban J connectivity index is 1.78. The van der Waals surface area contributed by atoms with Crippen molar-refractivity contribution in [2.75, 3.05) is 7.11 Å². The smallest absolute Gasteiger partial charge is 0.241 e. The summed E-state index contributed by atoms with van der Waals surface area (Å²) < 4.78 is 6.19. The van der Waals surface area contributed by atoms with Gasteiger partial charge in [0.15, 0.2) is 0 Å². The first kappa shape index (κ1) is 18.0. The Hall–Kier alpha value is -1.85. The zero-order chi connectivity index (χ0) is 17.8. The van der Waals surface area contributed by atoms with E-state index in [-0.39, 0.29) is 18.0 Å². The molecule has 0 radical (unpaired) electrons. The number of carbonyl (C=O) groups excluding carboxylic acids is 1. The maximum Gasteiger partial charge on any atom is 0.241 e. The van der Waals surface area contributed by atoms with E-state index in [1.54, 1.807) is 7.11 Å². The summed E-state index contributed by atoms with van der Waals surface area (Å²) in [7, 11) is 1.65. The minimum atomic E-state index is -0.377. The minimum Gasteiger partial charge on any atom is -0.496 e. The third kappa shape index (κ3) is 4.61. The van der Waals surface area contributed by atoms with Gasteiger partial charge in [0, 0.05) is 12.1 Å². The van der Waals surface area contributed by atoms with Gasteiger partial charge in [-0.3, -0.25) is 10.1 Å². The van der Waals surface area contributed by atoms with Crippen LogP contribution in [0.25, 0.3) is 0 Å². The Morgan fingerprint density at radius 3 is 2.48 bits per heavy atom. The van der Waals surface area contributed by atoms with E-state index in [0.717, 1.165) is 34.2 Å². The molecule has 1 fully saturated rings. The zero-order valence-corrected chi connectivity index (χ0v) is 16.0. The molecule has 5 heteroatoms. The first-order chi connectivity index (χ1) is 12.1. The normalized spacial score (nSPS) is 16.1. The molecule has 2 aromatic carbocycles. The van der Waals surface area contributed by atoms with Crippen LogP contribution in [0.15, 0.2) is 53.0 Å². The lowest BCUT2D eigenvalue weighted by molar-refractivity contribution is -0.123. The molecular weight excluding hydrogens is 380 g/mol. The SMILES string of the molecule is COc1ccc([C@@H](C)N[C@@H](C(=O)NC2CC2)c2ccccc2)cc1Br. The fourth-order valence-electron chi connectivity index (χ4n) is 2.78. The van der Waals surface area contributed by atoms with Crippen LogP contribution in [0.3, 0.4) is 0 Å². The number of ether oxygens (including phenoxy) is 1. The second-order valence-corrected chi connectivity index (χ2v) is 7.26. The number of carbonyl (C=O) groups is 1. The first-order valence-electron chi connectivity index (χ1n) is 8.53. The summed E-state index contributed by atoms with van der Waals surface area (Å²) in [5.41, 5.74) is 2.06. The lowest BCUT2D eigenvalue weighted by Crippen LogP contribution is -2.39. The molecule has 1 aliphatic carbocycles. The predicted octanol–water partition coefficient (Wildman–Crippen LogP) is 4.13. The van der Waals surface area contributed by atoms with Crippen molar-refractivity contribution >= 4 is 21.8 Å². The first-order valence-corrected chi connectivity index (χ1v) is 9.32. The van der Waals surface area contributed by atoms with Crippen LogP contribution >= 0.6 is 15.9 Å². The number of hydrogen-bond donors (Lipinski definition) is 2. The summed E-state index contributed by atoms with van der Waals surface area (Å²) >= 11 is 3.52. The second-order valence-electron chi connectivity index (χ2n) is 6.41. The lowest BCUT2D eigenvalue weighted by atomic mass is 10.0. The number of halogens is 1. The molecule has 1 aliphatic rings. The van der Waals surface area contributed by atoms with E-state index in [1.807, 2.05) is 48.5 Å². The van der Waals surface area contributed by atoms with Gasteiger partial charge in [-0.2, -0.15) is 0 Å². The molecule has 1 saturated carbocycles. The molecule has 3 rings (SSSR count). The highest BCUT2D eigenvalue weighted by atomic mass is 79.9. The minimum absolute atomic E-state index is 0.0114. The van der Waals surface area contributed by atoms with Crippen molar-refractivity contribution in [3.63, 3.8) is 0 Å². The molecule has 2 aromatic rings. The molecule has 0 unspecified atom stereocenters. The van der Waals surface area contributed by atoms with E-state index in [0.29, 0.717) is 6.04 Å². The average molecular weight is 403 g/mol. The summed E-state index contributed by atoms with van der Waals surface area (Å²) in [6.07, 6.45) is 2.16. The van der Waals surface area contributed by atoms with Gasteiger partial charge in [0.1, 0.15) is 11.8 Å². The van der Waals surface area contributed by atoms with Crippen LogP contribution < -0.4 is 15.4 Å². The number of hydrogen-bond acceptors (Lipinski definition) is 3. The monoisotopic (exact) mass is 402 g/mol. The van der Waals surface area contributed by atoms with Crippen LogP contribution in [0.1, 0.15) is 43.0 Å². The van der Waals surface area contributed by atoms with E-state index in [9.17, 15) is 4.79 Å². The third-order valence-corrected chi connectivity index (χ3v) is 5.03. The Kier molecular flexibility index (Phi) is 5.76. The summed E-state index contributed by atoms with van der Waals surface area (Å²) in [6, 6.07) is 15.8. The van der Waals surface area contributed by atoms with Gasteiger partial charge in [-0.25, -0.2) is 0 Å². The van der Waals surface area contributed by atoms with Crippen LogP contribution in [-0.4, -0.2) is 19.1 Å². The molecule has 4 nitrogen and oxygen atoms in total. The maximum atomic E-state index is 12.7. The van der Waals surface area contributed by atoms with E-state index >= 15 is 0 Å². The quantitative estimate of drug-likeness (QED) is 0.731. The molecule has 132 valence electrons. The number of benzene rings is 2. The Bertz CT molecular complexity index is 732. The van der Waals surface area contributed by atoms with Crippen LogP contribution in [0.2, 0.25) is 0 Å². The van der Waals surface area contributed by atoms with Gasteiger partial charge in [0.2, 0.25) is 5.91 Å². The summed E-state index contributed by atoms with van der Waals surface area (Å²) in [6.45, 7) is 2.06. The van der Waals surface area contributed by atoms with Gasteiger partial charge in [-0.05, 0) is 59.0 Å². The second kappa shape index (κ2) is 8.02. The van der Waals surface area contributed by atoms with Crippen LogP contribution in [0.5, 0.6) is 5.75 Å². The summed E-state index contributed by atoms with van der Waals surface area (Å²) in [4.78, 5) is 12.7. The molecule has 0 bridgehead atoms. The van der Waals surface area contributed by atoms with E-state index < -0.39 is 0 Å². The fourth-order valence-corrected chi connectivity index (χ4v) is 3.34. The molecule has 0 aromatic heterocycles. The van der Waals surface area contributed by atoms with Crippen molar-refractivity contribution in [2.45, 2.75) is 37.9 Å². The molecule has 2 N–H and O–H groups in total. The van der Waals surface area contributed by atoms with Crippen molar-refractivity contribution < 1.29 is 9.53 Å². The van der Waals surface area contributed by atoms with E-state index in [2.05, 4.69) is 33.5 Å². The molecule has 0 heterocycles. The third-order valence-electron chi connectivity index (χ3n) is 4.41. The van der Waals surface area contributed by atoms with Gasteiger partial charge >= 0.3 is 0 Å². The summed E-state index contributed by atoms with van der Waals surface area (Å²) in [5, 5.41) is 6.58. The number of nitrogens with one attached hydrogen (secondary N) is 2. The van der Waals surface area contributed by atoms with Gasteiger partial charge in [-0.15, -0.1) is 0 Å². The Labute approximate surface area is 157 Å². The van der Waals surface area contributed by atoms with Gasteiger partial charge < -0.3 is 10.1 Å². The molecule has 0 aliphatic heterocycles. The van der Waals surface area contributed by atoms with Gasteiger partial charge in [-0.1, -0.05) is 36.4 Å². The highest BCUT2D eigenvalue weighted by molar-refractivity contribution is 9.10. The molecule has 0 saturated heterocycles. The fraction of sp³-hybridized carbons (Fsp3) is 0.350. The van der Waals surface area contributed by atoms with Crippen molar-refractivity contribution in [3.8, 4) is 5.75 Å². The van der Waals surface area contributed by atoms with Gasteiger partial charge in [0.05, 0.1) is 11.6 Å². The predicted molar refractivity (Wildman–Crippen MR) is 103 cm³/mol. The number of rotatable bonds is 7. The van der Waals surface area contributed by atoms with Crippen LogP contribution in [0, 0.1) is 0 Å². The molecule has 2 atom stereocenters. The van der Waals surface area contributed by atoms with Crippen LogP contribution in [-0.2, 0) is 4.79 Å². The molecule has 25 heavy (non-hydrogen) atoms. The summed E-state index contributed by atoms with van der Waals surface area (Å²) in [5.74, 6) is 0.829. The molecular formula is C20H23BrN2O2. The number of amides is 1. The van der Waals surface area contributed by atoms with E-state index in [4.69, 9.17) is 4.74 Å². The maximum absolute atomic E-state index is 12.7. The Morgan fingerprint density at radius 2 is 1.88 bits per heavy atom. The van der Waals surface area contributed by atoms with Crippen molar-refractivity contribution in [1.29, 1.82) is 0 Å². The van der Waals surface area contributed by atoms with Crippen molar-refractivity contribution in [2.24, 2.45) is 0 Å². The van der Waals surface area contributed by atoms with E-state index in [1.165, 1.54) is 0 Å². The Morgan fingerprint density at radius 1 is 1.16 bits per heavy atom. The highest BCUT2D eigenvalue weighted by Crippen LogP contribution is 2.29.